The van der Waals surface area contributed by atoms with Crippen molar-refractivity contribution in [1.82, 2.24) is 4.98 Å². The van der Waals surface area contributed by atoms with Crippen molar-refractivity contribution in [2.24, 2.45) is 0 Å². The molecule has 0 aromatic carbocycles. The van der Waals surface area contributed by atoms with Gasteiger partial charge in [-0.15, -0.1) is 0 Å². The van der Waals surface area contributed by atoms with Crippen LogP contribution in [0.5, 0.6) is 0 Å². The highest BCUT2D eigenvalue weighted by Crippen LogP contribution is 1.94. The molecule has 0 aliphatic carbocycles. The molecule has 0 aliphatic rings. The Bertz CT molecular complexity index is 162. The molecular formula is C7H8NO. The SMILES string of the molecule is COCc1[c]cncc1. The topological polar surface area (TPSA) is 22.1 Å². The summed E-state index contributed by atoms with van der Waals surface area (Å²) in [6, 6.07) is 4.81. The molecule has 0 fully saturated rings. The second-order valence-electron chi connectivity index (χ2n) is 1.70. The fourth-order valence-corrected chi connectivity index (χ4v) is 0.590. The van der Waals surface area contributed by atoms with Gasteiger partial charge in [-0.25, -0.2) is 0 Å². The second kappa shape index (κ2) is 3.20. The van der Waals surface area contributed by atoms with Gasteiger partial charge in [0.05, 0.1) is 6.61 Å². The highest BCUT2D eigenvalue weighted by atomic mass is 16.5. The Morgan fingerprint density at radius 2 is 2.67 bits per heavy atom. The molecule has 0 unspecified atom stereocenters. The number of methoxy groups -OCH3 is 1. The molecule has 47 valence electrons. The lowest BCUT2D eigenvalue weighted by Crippen LogP contribution is -1.86. The van der Waals surface area contributed by atoms with Crippen molar-refractivity contribution in [3.63, 3.8) is 0 Å². The number of rotatable bonds is 2. The molecule has 1 aromatic rings. The van der Waals surface area contributed by atoms with Crippen LogP contribution in [0.15, 0.2) is 18.5 Å². The minimum absolute atomic E-state index is 0.614. The molecule has 1 rings (SSSR count). The lowest BCUT2D eigenvalue weighted by atomic mass is 10.3. The van der Waals surface area contributed by atoms with Crippen LogP contribution in [-0.4, -0.2) is 12.1 Å². The first-order chi connectivity index (χ1) is 4.43. The van der Waals surface area contributed by atoms with Gasteiger partial charge in [0.2, 0.25) is 0 Å². The maximum Gasteiger partial charge on any atom is 0.0720 e. The molecule has 1 aromatic heterocycles. The lowest BCUT2D eigenvalue weighted by molar-refractivity contribution is 0.184. The third-order valence-electron chi connectivity index (χ3n) is 0.986. The van der Waals surface area contributed by atoms with Crippen LogP contribution < -0.4 is 0 Å². The molecule has 1 heterocycles. The molecule has 2 heteroatoms. The van der Waals surface area contributed by atoms with Crippen LogP contribution in [0.3, 0.4) is 0 Å². The summed E-state index contributed by atoms with van der Waals surface area (Å²) in [6.07, 6.45) is 3.36. The van der Waals surface area contributed by atoms with E-state index in [1.165, 1.54) is 0 Å². The minimum Gasteiger partial charge on any atom is -0.380 e. The molecule has 0 bridgehead atoms. The van der Waals surface area contributed by atoms with Gasteiger partial charge in [0.25, 0.3) is 0 Å². The maximum atomic E-state index is 4.87. The molecule has 0 saturated heterocycles. The third kappa shape index (κ3) is 1.82. The first-order valence-corrected chi connectivity index (χ1v) is 2.73. The van der Waals surface area contributed by atoms with E-state index in [0.717, 1.165) is 5.56 Å². The Morgan fingerprint density at radius 3 is 3.22 bits per heavy atom. The number of pyridine rings is 1. The summed E-state index contributed by atoms with van der Waals surface area (Å²) in [5.41, 5.74) is 1.03. The van der Waals surface area contributed by atoms with Gasteiger partial charge >= 0.3 is 0 Å². The normalized spacial score (nSPS) is 9.44. The summed E-state index contributed by atoms with van der Waals surface area (Å²) >= 11 is 0. The van der Waals surface area contributed by atoms with Crippen LogP contribution >= 0.6 is 0 Å². The number of hydrogen-bond donors (Lipinski definition) is 0. The van der Waals surface area contributed by atoms with Crippen molar-refractivity contribution < 1.29 is 4.74 Å². The predicted octanol–water partition coefficient (Wildman–Crippen LogP) is 1.03. The quantitative estimate of drug-likeness (QED) is 0.584. The zero-order valence-corrected chi connectivity index (χ0v) is 5.29. The average molecular weight is 122 g/mol. The molecule has 2 nitrogen and oxygen atoms in total. The van der Waals surface area contributed by atoms with E-state index in [1.54, 1.807) is 19.5 Å². The van der Waals surface area contributed by atoms with E-state index in [4.69, 9.17) is 4.74 Å². The molecule has 9 heavy (non-hydrogen) atoms. The van der Waals surface area contributed by atoms with Gasteiger partial charge < -0.3 is 4.74 Å². The van der Waals surface area contributed by atoms with Gasteiger partial charge in [0.1, 0.15) is 0 Å². The number of nitrogens with zero attached hydrogens (tertiary/aromatic N) is 1. The molecule has 0 atom stereocenters. The fourth-order valence-electron chi connectivity index (χ4n) is 0.590. The van der Waals surface area contributed by atoms with Crippen molar-refractivity contribution >= 4 is 0 Å². The summed E-state index contributed by atoms with van der Waals surface area (Å²) in [6.45, 7) is 0.614. The zero-order valence-electron chi connectivity index (χ0n) is 5.29. The van der Waals surface area contributed by atoms with E-state index in [2.05, 4.69) is 11.1 Å². The van der Waals surface area contributed by atoms with Crippen LogP contribution in [0.2, 0.25) is 0 Å². The second-order valence-corrected chi connectivity index (χ2v) is 1.70. The van der Waals surface area contributed by atoms with Crippen LogP contribution in [-0.2, 0) is 11.3 Å². The smallest absolute Gasteiger partial charge is 0.0720 e. The average Bonchev–Trinajstić information content (AvgIpc) is 1.91. The Hall–Kier alpha value is -0.890. The van der Waals surface area contributed by atoms with E-state index in [-0.39, 0.29) is 0 Å². The molecule has 0 amide bonds. The monoisotopic (exact) mass is 122 g/mol. The molecule has 0 N–H and O–H groups in total. The van der Waals surface area contributed by atoms with E-state index < -0.39 is 0 Å². The summed E-state index contributed by atoms with van der Waals surface area (Å²) in [4.78, 5) is 3.82. The van der Waals surface area contributed by atoms with Gasteiger partial charge in [-0.1, -0.05) is 0 Å². The van der Waals surface area contributed by atoms with Gasteiger partial charge in [-0.05, 0) is 11.6 Å². The van der Waals surface area contributed by atoms with Crippen molar-refractivity contribution in [2.75, 3.05) is 7.11 Å². The van der Waals surface area contributed by atoms with Gasteiger partial charge in [-0.3, -0.25) is 4.98 Å². The van der Waals surface area contributed by atoms with E-state index in [1.807, 2.05) is 6.07 Å². The van der Waals surface area contributed by atoms with Crippen LogP contribution in [0.25, 0.3) is 0 Å². The van der Waals surface area contributed by atoms with E-state index in [9.17, 15) is 0 Å². The highest BCUT2D eigenvalue weighted by Gasteiger charge is 1.86. The van der Waals surface area contributed by atoms with Crippen LogP contribution in [0, 0.1) is 6.07 Å². The standard InChI is InChI=1S/C7H8NO/c1-9-6-7-2-4-8-5-3-7/h2,4-5H,6H2,1H3. The number of aromatic nitrogens is 1. The summed E-state index contributed by atoms with van der Waals surface area (Å²) < 4.78 is 4.87. The molecular weight excluding hydrogens is 114 g/mol. The summed E-state index contributed by atoms with van der Waals surface area (Å²) in [5, 5.41) is 0. The molecule has 0 spiro atoms. The van der Waals surface area contributed by atoms with Crippen molar-refractivity contribution in [2.45, 2.75) is 6.61 Å². The number of hydrogen-bond acceptors (Lipinski definition) is 2. The first kappa shape index (κ1) is 6.23. The first-order valence-electron chi connectivity index (χ1n) is 2.73. The van der Waals surface area contributed by atoms with Gasteiger partial charge in [-0.2, -0.15) is 0 Å². The van der Waals surface area contributed by atoms with Crippen molar-refractivity contribution in [1.29, 1.82) is 0 Å². The Balaban J connectivity index is 2.61. The van der Waals surface area contributed by atoms with Crippen LogP contribution in [0.1, 0.15) is 5.56 Å². The van der Waals surface area contributed by atoms with Crippen molar-refractivity contribution in [3.8, 4) is 0 Å². The minimum atomic E-state index is 0.614. The lowest BCUT2D eigenvalue weighted by Gasteiger charge is -1.94. The molecule has 0 saturated carbocycles. The Labute approximate surface area is 54.5 Å². The summed E-state index contributed by atoms with van der Waals surface area (Å²) in [7, 11) is 1.66. The van der Waals surface area contributed by atoms with Gasteiger partial charge in [0, 0.05) is 25.6 Å². The van der Waals surface area contributed by atoms with Crippen molar-refractivity contribution in [3.05, 3.63) is 30.1 Å². The largest absolute Gasteiger partial charge is 0.380 e. The van der Waals surface area contributed by atoms with Crippen LogP contribution in [0.4, 0.5) is 0 Å². The predicted molar refractivity (Wildman–Crippen MR) is 33.8 cm³/mol. The maximum absolute atomic E-state index is 4.87. The zero-order chi connectivity index (χ0) is 6.53. The Kier molecular flexibility index (Phi) is 2.22. The highest BCUT2D eigenvalue weighted by molar-refractivity contribution is 5.05. The van der Waals surface area contributed by atoms with Gasteiger partial charge in [0.15, 0.2) is 0 Å². The number of ether oxygens (including phenoxy) is 1. The molecule has 1 radical (unpaired) electrons. The summed E-state index contributed by atoms with van der Waals surface area (Å²) in [5.74, 6) is 0. The van der Waals surface area contributed by atoms with E-state index in [0.29, 0.717) is 6.61 Å². The molecule has 0 aliphatic heterocycles. The van der Waals surface area contributed by atoms with E-state index >= 15 is 0 Å². The third-order valence-corrected chi connectivity index (χ3v) is 0.986. The Morgan fingerprint density at radius 1 is 1.78 bits per heavy atom. The fraction of sp³-hybridized carbons (Fsp3) is 0.286.